The number of nitrogens with one attached hydrogen (secondary N) is 1. The van der Waals surface area contributed by atoms with Gasteiger partial charge in [0.1, 0.15) is 23.4 Å². The number of hydrogen-bond donors (Lipinski definition) is 1. The maximum atomic E-state index is 12.8. The first-order valence-electron chi connectivity index (χ1n) is 9.11. The lowest BCUT2D eigenvalue weighted by atomic mass is 10.2. The fourth-order valence-corrected chi connectivity index (χ4v) is 4.88. The van der Waals surface area contributed by atoms with Crippen LogP contribution in [0.5, 0.6) is 0 Å². The second-order valence-electron chi connectivity index (χ2n) is 6.75. The Morgan fingerprint density at radius 3 is 2.96 bits per heavy atom. The van der Waals surface area contributed by atoms with Crippen LogP contribution in [0.3, 0.4) is 0 Å². The number of anilines is 1. The van der Waals surface area contributed by atoms with E-state index in [9.17, 15) is 9.59 Å². The second kappa shape index (κ2) is 7.80. The largest absolute Gasteiger partial charge is 0.309 e. The number of fused-ring (bicyclic) bond motifs is 1. The molecule has 1 aliphatic carbocycles. The highest BCUT2D eigenvalue weighted by molar-refractivity contribution is 7.73. The van der Waals surface area contributed by atoms with Gasteiger partial charge in [0.2, 0.25) is 5.91 Å². The van der Waals surface area contributed by atoms with Gasteiger partial charge in [0.25, 0.3) is 5.56 Å². The summed E-state index contributed by atoms with van der Waals surface area (Å²) in [7, 11) is 0. The Morgan fingerprint density at radius 2 is 2.21 bits per heavy atom. The monoisotopic (exact) mass is 416 g/mol. The van der Waals surface area contributed by atoms with Crippen LogP contribution in [0.4, 0.5) is 5.82 Å². The van der Waals surface area contributed by atoms with Crippen LogP contribution in [-0.2, 0) is 17.9 Å². The molecule has 1 saturated carbocycles. The van der Waals surface area contributed by atoms with E-state index in [1.807, 2.05) is 4.68 Å². The van der Waals surface area contributed by atoms with Gasteiger partial charge in [-0.3, -0.25) is 14.2 Å². The molecule has 28 heavy (non-hydrogen) atoms. The van der Waals surface area contributed by atoms with Crippen molar-refractivity contribution in [2.45, 2.75) is 44.8 Å². The first-order chi connectivity index (χ1) is 13.6. The van der Waals surface area contributed by atoms with Crippen LogP contribution in [0.25, 0.3) is 10.3 Å². The molecule has 1 aliphatic rings. The number of aromatic nitrogens is 5. The van der Waals surface area contributed by atoms with Gasteiger partial charge in [-0.2, -0.15) is 5.10 Å². The predicted molar refractivity (Wildman–Crippen MR) is 111 cm³/mol. The van der Waals surface area contributed by atoms with E-state index in [1.54, 1.807) is 22.9 Å². The Kier molecular flexibility index (Phi) is 5.23. The number of nitrogens with zero attached hydrogens (tertiary/aromatic N) is 5. The van der Waals surface area contributed by atoms with E-state index in [0.717, 1.165) is 12.8 Å². The third-order valence-electron chi connectivity index (χ3n) is 4.88. The number of rotatable bonds is 6. The van der Waals surface area contributed by atoms with Crippen LogP contribution < -0.4 is 10.9 Å². The third kappa shape index (κ3) is 3.45. The summed E-state index contributed by atoms with van der Waals surface area (Å²) >= 11 is 6.51. The molecular weight excluding hydrogens is 396 g/mol. The quantitative estimate of drug-likeness (QED) is 0.493. The van der Waals surface area contributed by atoms with Crippen LogP contribution in [0.1, 0.15) is 31.7 Å². The van der Waals surface area contributed by atoms with Gasteiger partial charge in [-0.05, 0) is 25.1 Å². The highest BCUT2D eigenvalue weighted by atomic mass is 32.1. The topological polar surface area (TPSA) is 86.7 Å². The summed E-state index contributed by atoms with van der Waals surface area (Å²) in [6, 6.07) is 2.10. The summed E-state index contributed by atoms with van der Waals surface area (Å²) < 4.78 is 5.93. The highest BCUT2D eigenvalue weighted by Gasteiger charge is 2.21. The van der Waals surface area contributed by atoms with Crippen molar-refractivity contribution in [1.82, 2.24) is 23.9 Å². The first kappa shape index (κ1) is 18.8. The molecule has 0 spiro atoms. The molecule has 4 rings (SSSR count). The lowest BCUT2D eigenvalue weighted by Gasteiger charge is -2.14. The van der Waals surface area contributed by atoms with Crippen molar-refractivity contribution in [3.8, 4) is 0 Å². The Balaban J connectivity index is 1.55. The van der Waals surface area contributed by atoms with Gasteiger partial charge in [-0.1, -0.05) is 30.3 Å². The van der Waals surface area contributed by atoms with E-state index in [0.29, 0.717) is 32.7 Å². The van der Waals surface area contributed by atoms with Crippen molar-refractivity contribution in [1.29, 1.82) is 0 Å². The van der Waals surface area contributed by atoms with Crippen LogP contribution in [0, 0.1) is 3.95 Å². The molecule has 1 amide bonds. The van der Waals surface area contributed by atoms with Crippen molar-refractivity contribution >= 4 is 45.6 Å². The second-order valence-corrected chi connectivity index (χ2v) is 8.39. The average Bonchev–Trinajstić information content (AvgIpc) is 3.39. The molecule has 0 unspecified atom stereocenters. The molecule has 8 nitrogen and oxygen atoms in total. The zero-order chi connectivity index (χ0) is 19.7. The smallest absolute Gasteiger partial charge is 0.273 e. The van der Waals surface area contributed by atoms with Gasteiger partial charge in [0.15, 0.2) is 9.60 Å². The van der Waals surface area contributed by atoms with E-state index in [-0.39, 0.29) is 18.0 Å². The molecule has 10 heteroatoms. The minimum absolute atomic E-state index is 0.121. The summed E-state index contributed by atoms with van der Waals surface area (Å²) in [5, 5.41) is 7.21. The molecule has 3 aromatic rings. The van der Waals surface area contributed by atoms with Crippen molar-refractivity contribution in [2.24, 2.45) is 0 Å². The molecule has 0 saturated heterocycles. The molecule has 0 aliphatic heterocycles. The molecule has 0 radical (unpaired) electrons. The number of carbonyl (C=O) groups excluding carboxylic acids is 1. The van der Waals surface area contributed by atoms with E-state index in [2.05, 4.69) is 22.0 Å². The molecule has 1 fully saturated rings. The molecule has 0 bridgehead atoms. The van der Waals surface area contributed by atoms with E-state index < -0.39 is 0 Å². The number of carbonyl (C=O) groups is 1. The van der Waals surface area contributed by atoms with Gasteiger partial charge < -0.3 is 9.88 Å². The maximum absolute atomic E-state index is 12.8. The Labute approximate surface area is 170 Å². The number of amides is 1. The van der Waals surface area contributed by atoms with Crippen molar-refractivity contribution in [2.75, 3.05) is 5.32 Å². The van der Waals surface area contributed by atoms with Gasteiger partial charge in [-0.25, -0.2) is 9.67 Å². The summed E-state index contributed by atoms with van der Waals surface area (Å²) in [5.41, 5.74) is 0.249. The van der Waals surface area contributed by atoms with E-state index >= 15 is 0 Å². The van der Waals surface area contributed by atoms with Crippen molar-refractivity contribution < 1.29 is 4.79 Å². The maximum Gasteiger partial charge on any atom is 0.273 e. The fourth-order valence-electron chi connectivity index (χ4n) is 3.56. The third-order valence-corrected chi connectivity index (χ3v) is 6.30. The molecule has 0 aromatic carbocycles. The van der Waals surface area contributed by atoms with Crippen molar-refractivity contribution in [3.05, 3.63) is 45.6 Å². The normalized spacial score (nSPS) is 14.6. The molecule has 146 valence electrons. The van der Waals surface area contributed by atoms with Crippen molar-refractivity contribution in [3.63, 3.8) is 0 Å². The zero-order valence-corrected chi connectivity index (χ0v) is 16.8. The lowest BCUT2D eigenvalue weighted by Crippen LogP contribution is -2.28. The molecule has 1 N–H and O–H groups in total. The Hall–Kier alpha value is -2.59. The first-order valence-corrected chi connectivity index (χ1v) is 10.3. The minimum atomic E-state index is -0.294. The van der Waals surface area contributed by atoms with Gasteiger partial charge >= 0.3 is 0 Å². The van der Waals surface area contributed by atoms with Crippen LogP contribution in [-0.4, -0.2) is 29.8 Å². The Morgan fingerprint density at radius 1 is 1.43 bits per heavy atom. The summed E-state index contributed by atoms with van der Waals surface area (Å²) in [4.78, 5) is 29.6. The van der Waals surface area contributed by atoms with Crippen LogP contribution in [0.2, 0.25) is 0 Å². The number of hydrogen-bond acceptors (Lipinski definition) is 6. The molecule has 0 atom stereocenters. The number of allylic oxidation sites excluding steroid dienone is 1. The lowest BCUT2D eigenvalue weighted by molar-refractivity contribution is -0.116. The van der Waals surface area contributed by atoms with Gasteiger partial charge in [-0.15, -0.1) is 6.58 Å². The van der Waals surface area contributed by atoms with Crippen LogP contribution in [0.15, 0.2) is 36.0 Å². The molecular formula is C18H20N6O2S2. The summed E-state index contributed by atoms with van der Waals surface area (Å²) in [5.74, 6) is 0.365. The standard InChI is InChI=1S/C18H20N6O2S2/c1-2-9-23-16-15(28-18(23)27)17(26)22(11-19-16)10-14(25)21-13-7-8-20-24(13)12-5-3-4-6-12/h2,7-8,11-12H,1,3-6,9-10H2,(H,21,25). The average molecular weight is 417 g/mol. The SMILES string of the molecule is C=CCn1c(=S)sc2c(=O)n(CC(=O)Nc3ccnn3C3CCCC3)cnc21. The zero-order valence-electron chi connectivity index (χ0n) is 15.2. The molecule has 3 heterocycles. The Bertz CT molecular complexity index is 1150. The fraction of sp³-hybridized carbons (Fsp3) is 0.389. The minimum Gasteiger partial charge on any atom is -0.309 e. The van der Waals surface area contributed by atoms with E-state index in [1.165, 1.54) is 35.1 Å². The highest BCUT2D eigenvalue weighted by Crippen LogP contribution is 2.31. The number of thiazole rings is 1. The van der Waals surface area contributed by atoms with Gasteiger partial charge in [0.05, 0.1) is 12.2 Å². The summed E-state index contributed by atoms with van der Waals surface area (Å²) in [6.07, 6.45) is 9.26. The van der Waals surface area contributed by atoms with Gasteiger partial charge in [0, 0.05) is 12.6 Å². The van der Waals surface area contributed by atoms with E-state index in [4.69, 9.17) is 12.2 Å². The predicted octanol–water partition coefficient (Wildman–Crippen LogP) is 3.13. The molecule has 3 aromatic heterocycles. The van der Waals surface area contributed by atoms with Crippen LogP contribution >= 0.6 is 23.6 Å². The summed E-state index contributed by atoms with van der Waals surface area (Å²) in [6.45, 7) is 4.07.